The van der Waals surface area contributed by atoms with Gasteiger partial charge in [-0.05, 0) is 26.9 Å². The number of hydrogen-bond acceptors (Lipinski definition) is 4. The lowest BCUT2D eigenvalue weighted by Gasteiger charge is -2.07. The van der Waals surface area contributed by atoms with E-state index in [1.165, 1.54) is 6.42 Å². The first-order chi connectivity index (χ1) is 7.20. The quantitative estimate of drug-likeness (QED) is 0.803. The van der Waals surface area contributed by atoms with Crippen molar-refractivity contribution in [3.8, 4) is 0 Å². The second-order valence-corrected chi connectivity index (χ2v) is 4.34. The van der Waals surface area contributed by atoms with Gasteiger partial charge in [-0.3, -0.25) is 0 Å². The van der Waals surface area contributed by atoms with Crippen LogP contribution in [0.1, 0.15) is 29.7 Å². The highest BCUT2D eigenvalue weighted by Gasteiger charge is 2.26. The minimum Gasteiger partial charge on any atom is -0.446 e. The smallest absolute Gasteiger partial charge is 0.195 e. The molecule has 0 saturated carbocycles. The lowest BCUT2D eigenvalue weighted by atomic mass is 10.0. The Kier molecular flexibility index (Phi) is 3.07. The molecule has 15 heavy (non-hydrogen) atoms. The van der Waals surface area contributed by atoms with Gasteiger partial charge in [0.15, 0.2) is 5.89 Å². The largest absolute Gasteiger partial charge is 0.446 e. The number of likely N-dealkylation sites (N-methyl/N-ethyl adjacent to an activating group) is 1. The van der Waals surface area contributed by atoms with Crippen LogP contribution in [0, 0.1) is 6.92 Å². The maximum absolute atomic E-state index is 5.59. The molecule has 4 heteroatoms. The van der Waals surface area contributed by atoms with Crippen LogP contribution in [-0.2, 0) is 6.42 Å². The van der Waals surface area contributed by atoms with Crippen LogP contribution < -0.4 is 5.73 Å². The Morgan fingerprint density at radius 1 is 1.60 bits per heavy atom. The molecule has 1 unspecified atom stereocenters. The molecular weight excluding hydrogens is 190 g/mol. The molecule has 1 aliphatic rings. The molecule has 0 amide bonds. The summed E-state index contributed by atoms with van der Waals surface area (Å²) in [7, 11) is 2.15. The molecule has 2 heterocycles. The predicted octanol–water partition coefficient (Wildman–Crippen LogP) is 0.903. The summed E-state index contributed by atoms with van der Waals surface area (Å²) >= 11 is 0. The third kappa shape index (κ3) is 2.21. The van der Waals surface area contributed by atoms with E-state index in [9.17, 15) is 0 Å². The molecule has 0 bridgehead atoms. The van der Waals surface area contributed by atoms with E-state index < -0.39 is 0 Å². The first-order valence-electron chi connectivity index (χ1n) is 5.55. The molecule has 1 fully saturated rings. The van der Waals surface area contributed by atoms with Gasteiger partial charge in [0.05, 0.1) is 5.69 Å². The van der Waals surface area contributed by atoms with E-state index in [0.29, 0.717) is 12.5 Å². The van der Waals surface area contributed by atoms with Gasteiger partial charge in [-0.1, -0.05) is 0 Å². The Morgan fingerprint density at radius 3 is 3.00 bits per heavy atom. The van der Waals surface area contributed by atoms with Crippen LogP contribution in [-0.4, -0.2) is 36.6 Å². The molecule has 1 aliphatic heterocycles. The van der Waals surface area contributed by atoms with Gasteiger partial charge in [-0.15, -0.1) is 0 Å². The summed E-state index contributed by atoms with van der Waals surface area (Å²) in [5, 5.41) is 0. The summed E-state index contributed by atoms with van der Waals surface area (Å²) in [5.41, 5.74) is 6.63. The second-order valence-electron chi connectivity index (χ2n) is 4.34. The molecule has 1 saturated heterocycles. The first-order valence-corrected chi connectivity index (χ1v) is 5.55. The van der Waals surface area contributed by atoms with Gasteiger partial charge in [0, 0.05) is 25.4 Å². The van der Waals surface area contributed by atoms with Gasteiger partial charge < -0.3 is 15.1 Å². The lowest BCUT2D eigenvalue weighted by molar-refractivity contribution is 0.410. The van der Waals surface area contributed by atoms with Crippen LogP contribution in [0.3, 0.4) is 0 Å². The fourth-order valence-electron chi connectivity index (χ4n) is 2.23. The zero-order valence-corrected chi connectivity index (χ0v) is 9.49. The number of aromatic nitrogens is 1. The van der Waals surface area contributed by atoms with Gasteiger partial charge in [0.1, 0.15) is 5.76 Å². The second kappa shape index (κ2) is 4.33. The van der Waals surface area contributed by atoms with Crippen molar-refractivity contribution in [2.45, 2.75) is 25.7 Å². The number of aryl methyl sites for hydroxylation is 1. The van der Waals surface area contributed by atoms with Crippen molar-refractivity contribution in [1.82, 2.24) is 9.88 Å². The normalized spacial score (nSPS) is 22.5. The molecule has 0 radical (unpaired) electrons. The van der Waals surface area contributed by atoms with Crippen molar-refractivity contribution >= 4 is 0 Å². The molecule has 1 atom stereocenters. The fourth-order valence-corrected chi connectivity index (χ4v) is 2.23. The zero-order valence-electron chi connectivity index (χ0n) is 9.49. The fraction of sp³-hybridized carbons (Fsp3) is 0.727. The Morgan fingerprint density at radius 2 is 2.40 bits per heavy atom. The average molecular weight is 209 g/mol. The van der Waals surface area contributed by atoms with Crippen LogP contribution in [0.5, 0.6) is 0 Å². The summed E-state index contributed by atoms with van der Waals surface area (Å²) in [6.45, 7) is 4.85. The van der Waals surface area contributed by atoms with Crippen LogP contribution in [0.25, 0.3) is 0 Å². The van der Waals surface area contributed by atoms with Gasteiger partial charge in [-0.25, -0.2) is 4.98 Å². The van der Waals surface area contributed by atoms with Crippen LogP contribution in [0.4, 0.5) is 0 Å². The molecule has 0 spiro atoms. The van der Waals surface area contributed by atoms with Gasteiger partial charge in [0.2, 0.25) is 0 Å². The summed E-state index contributed by atoms with van der Waals surface area (Å²) in [5.74, 6) is 2.31. The van der Waals surface area contributed by atoms with E-state index in [2.05, 4.69) is 16.9 Å². The van der Waals surface area contributed by atoms with Crippen molar-refractivity contribution in [3.63, 3.8) is 0 Å². The van der Waals surface area contributed by atoms with Crippen LogP contribution in [0.2, 0.25) is 0 Å². The number of oxazole rings is 1. The van der Waals surface area contributed by atoms with Crippen LogP contribution in [0.15, 0.2) is 4.42 Å². The van der Waals surface area contributed by atoms with Crippen molar-refractivity contribution in [2.75, 3.05) is 26.7 Å². The Hall–Kier alpha value is -0.870. The van der Waals surface area contributed by atoms with E-state index in [0.717, 1.165) is 36.9 Å². The van der Waals surface area contributed by atoms with Crippen molar-refractivity contribution < 1.29 is 4.42 Å². The minimum atomic E-state index is 0.547. The summed E-state index contributed by atoms with van der Waals surface area (Å²) in [4.78, 5) is 6.88. The van der Waals surface area contributed by atoms with Gasteiger partial charge in [0.25, 0.3) is 0 Å². The third-order valence-electron chi connectivity index (χ3n) is 3.01. The van der Waals surface area contributed by atoms with E-state index in [1.54, 1.807) is 0 Å². The third-order valence-corrected chi connectivity index (χ3v) is 3.01. The molecule has 2 N–H and O–H groups in total. The Labute approximate surface area is 90.5 Å². The van der Waals surface area contributed by atoms with Gasteiger partial charge >= 0.3 is 0 Å². The molecule has 1 aromatic heterocycles. The van der Waals surface area contributed by atoms with E-state index in [4.69, 9.17) is 10.2 Å². The number of nitrogens with two attached hydrogens (primary N) is 1. The van der Waals surface area contributed by atoms with Crippen molar-refractivity contribution in [2.24, 2.45) is 5.73 Å². The molecule has 0 aromatic carbocycles. The highest BCUT2D eigenvalue weighted by atomic mass is 16.4. The number of hydrogen-bond donors (Lipinski definition) is 1. The topological polar surface area (TPSA) is 55.3 Å². The van der Waals surface area contributed by atoms with Crippen LogP contribution >= 0.6 is 0 Å². The van der Waals surface area contributed by atoms with Crippen molar-refractivity contribution in [1.29, 1.82) is 0 Å². The molecule has 84 valence electrons. The molecule has 0 aliphatic carbocycles. The highest BCUT2D eigenvalue weighted by Crippen LogP contribution is 2.28. The minimum absolute atomic E-state index is 0.547. The highest BCUT2D eigenvalue weighted by molar-refractivity contribution is 5.16. The zero-order chi connectivity index (χ0) is 10.8. The first kappa shape index (κ1) is 10.6. The lowest BCUT2D eigenvalue weighted by Crippen LogP contribution is -2.13. The van der Waals surface area contributed by atoms with E-state index in [-0.39, 0.29) is 0 Å². The average Bonchev–Trinajstić information content (AvgIpc) is 2.73. The summed E-state index contributed by atoms with van der Waals surface area (Å²) < 4.78 is 5.59. The molecule has 2 rings (SSSR count). The van der Waals surface area contributed by atoms with Crippen molar-refractivity contribution in [3.05, 3.63) is 17.3 Å². The monoisotopic (exact) mass is 209 g/mol. The SMILES string of the molecule is Cc1oc(CCN)nc1C1CCN(C)C1. The number of nitrogens with zero attached hydrogens (tertiary/aromatic N) is 2. The predicted molar refractivity (Wildman–Crippen MR) is 58.9 cm³/mol. The standard InChI is InChI=1S/C11H19N3O/c1-8-11(9-4-6-14(2)7-9)13-10(15-8)3-5-12/h9H,3-7,12H2,1-2H3. The molecule has 1 aromatic rings. The maximum atomic E-state index is 5.59. The maximum Gasteiger partial charge on any atom is 0.195 e. The Balaban J connectivity index is 2.13. The van der Waals surface area contributed by atoms with Gasteiger partial charge in [-0.2, -0.15) is 0 Å². The summed E-state index contributed by atoms with van der Waals surface area (Å²) in [6, 6.07) is 0. The molecule has 4 nitrogen and oxygen atoms in total. The molecular formula is C11H19N3O. The summed E-state index contributed by atoms with van der Waals surface area (Å²) in [6.07, 6.45) is 1.93. The van der Waals surface area contributed by atoms with E-state index >= 15 is 0 Å². The number of likely N-dealkylation sites (tertiary alicyclic amines) is 1. The Bertz CT molecular complexity index is 335. The number of rotatable bonds is 3. The van der Waals surface area contributed by atoms with E-state index in [1.807, 2.05) is 6.92 Å².